The third-order valence-electron chi connectivity index (χ3n) is 3.87. The first-order chi connectivity index (χ1) is 6.74. The van der Waals surface area contributed by atoms with Crippen molar-refractivity contribution in [2.24, 2.45) is 5.41 Å². The molecule has 82 valence electrons. The Morgan fingerprint density at radius 1 is 1.29 bits per heavy atom. The molecule has 3 heteroatoms. The molecule has 0 bridgehead atoms. The Bertz CT molecular complexity index is 180. The number of likely N-dealkylation sites (tertiary alicyclic amines) is 1. The van der Waals surface area contributed by atoms with E-state index in [4.69, 9.17) is 0 Å². The van der Waals surface area contributed by atoms with Crippen molar-refractivity contribution in [3.05, 3.63) is 0 Å². The van der Waals surface area contributed by atoms with Crippen LogP contribution in [0.4, 0.5) is 0 Å². The molecule has 1 aliphatic heterocycles. The lowest BCUT2D eigenvalue weighted by Crippen LogP contribution is -2.47. The molecule has 2 fully saturated rings. The molecule has 0 amide bonds. The van der Waals surface area contributed by atoms with Gasteiger partial charge in [0.1, 0.15) is 0 Å². The molecule has 1 N–H and O–H groups in total. The summed E-state index contributed by atoms with van der Waals surface area (Å²) in [5.74, 6) is 1.03. The summed E-state index contributed by atoms with van der Waals surface area (Å²) in [6.07, 6.45) is 5.98. The zero-order valence-electron chi connectivity index (χ0n) is 8.78. The van der Waals surface area contributed by atoms with Crippen LogP contribution in [0, 0.1) is 5.41 Å². The largest absolute Gasteiger partial charge is 0.393 e. The number of piperidine rings is 1. The van der Waals surface area contributed by atoms with E-state index in [9.17, 15) is 5.11 Å². The van der Waals surface area contributed by atoms with Crippen LogP contribution in [0.25, 0.3) is 0 Å². The first-order valence-corrected chi connectivity index (χ1v) is 6.39. The predicted molar refractivity (Wildman–Crippen MR) is 61.8 cm³/mol. The van der Waals surface area contributed by atoms with Crippen LogP contribution in [0.3, 0.4) is 0 Å². The topological polar surface area (TPSA) is 23.5 Å². The highest BCUT2D eigenvalue weighted by molar-refractivity contribution is 7.80. The molecule has 0 unspecified atom stereocenters. The summed E-state index contributed by atoms with van der Waals surface area (Å²) < 4.78 is 0. The summed E-state index contributed by atoms with van der Waals surface area (Å²) in [6, 6.07) is 0. The predicted octanol–water partition coefficient (Wildman–Crippen LogP) is 1.54. The van der Waals surface area contributed by atoms with E-state index < -0.39 is 0 Å². The molecule has 2 rings (SSSR count). The summed E-state index contributed by atoms with van der Waals surface area (Å²) >= 11 is 4.47. The van der Waals surface area contributed by atoms with Crippen molar-refractivity contribution in [2.45, 2.75) is 38.2 Å². The van der Waals surface area contributed by atoms with E-state index in [-0.39, 0.29) is 6.10 Å². The second-order valence-electron chi connectivity index (χ2n) is 5.02. The van der Waals surface area contributed by atoms with Gasteiger partial charge < -0.3 is 10.0 Å². The van der Waals surface area contributed by atoms with E-state index in [1.165, 1.54) is 25.8 Å². The normalized spacial score (nSPS) is 28.7. The van der Waals surface area contributed by atoms with Gasteiger partial charge in [-0.3, -0.25) is 0 Å². The number of nitrogens with zero attached hydrogens (tertiary/aromatic N) is 1. The number of hydrogen-bond donors (Lipinski definition) is 2. The molecule has 2 nitrogen and oxygen atoms in total. The van der Waals surface area contributed by atoms with Crippen molar-refractivity contribution in [3.63, 3.8) is 0 Å². The zero-order valence-corrected chi connectivity index (χ0v) is 9.68. The SMILES string of the molecule is OC1CCN(CC2(CS)CCC2)CC1. The van der Waals surface area contributed by atoms with E-state index in [1.807, 2.05) is 0 Å². The molecule has 1 aliphatic carbocycles. The maximum atomic E-state index is 9.41. The molecule has 0 spiro atoms. The number of aliphatic hydroxyl groups is 1. The fourth-order valence-electron chi connectivity index (χ4n) is 2.59. The van der Waals surface area contributed by atoms with E-state index >= 15 is 0 Å². The Labute approximate surface area is 92.1 Å². The number of thiol groups is 1. The number of aliphatic hydroxyl groups excluding tert-OH is 1. The van der Waals surface area contributed by atoms with Crippen molar-refractivity contribution in [1.82, 2.24) is 4.90 Å². The standard InChI is InChI=1S/C11H21NOS/c13-10-2-6-12(7-3-10)8-11(9-14)4-1-5-11/h10,13-14H,1-9H2. The van der Waals surface area contributed by atoms with Gasteiger partial charge in [0.25, 0.3) is 0 Å². The smallest absolute Gasteiger partial charge is 0.0564 e. The average Bonchev–Trinajstić information content (AvgIpc) is 2.15. The summed E-state index contributed by atoms with van der Waals surface area (Å²) in [6.45, 7) is 3.37. The van der Waals surface area contributed by atoms with Crippen molar-refractivity contribution in [2.75, 3.05) is 25.4 Å². The van der Waals surface area contributed by atoms with Crippen LogP contribution in [-0.4, -0.2) is 41.5 Å². The molecule has 0 aromatic heterocycles. The second kappa shape index (κ2) is 4.42. The Balaban J connectivity index is 1.79. The van der Waals surface area contributed by atoms with Gasteiger partial charge in [0.2, 0.25) is 0 Å². The van der Waals surface area contributed by atoms with Crippen LogP contribution in [0.15, 0.2) is 0 Å². The summed E-state index contributed by atoms with van der Waals surface area (Å²) in [5.41, 5.74) is 0.519. The molecule has 0 radical (unpaired) electrons. The van der Waals surface area contributed by atoms with Crippen LogP contribution in [0.2, 0.25) is 0 Å². The van der Waals surface area contributed by atoms with Gasteiger partial charge in [-0.05, 0) is 36.9 Å². The van der Waals surface area contributed by atoms with Gasteiger partial charge in [0.05, 0.1) is 6.10 Å². The lowest BCUT2D eigenvalue weighted by molar-refractivity contribution is 0.0368. The van der Waals surface area contributed by atoms with Crippen molar-refractivity contribution in [1.29, 1.82) is 0 Å². The van der Waals surface area contributed by atoms with Crippen LogP contribution in [0.1, 0.15) is 32.1 Å². The maximum absolute atomic E-state index is 9.41. The lowest BCUT2D eigenvalue weighted by atomic mass is 9.70. The van der Waals surface area contributed by atoms with Crippen molar-refractivity contribution >= 4 is 12.6 Å². The number of hydrogen-bond acceptors (Lipinski definition) is 3. The second-order valence-corrected chi connectivity index (χ2v) is 5.34. The van der Waals surface area contributed by atoms with E-state index in [1.54, 1.807) is 0 Å². The third-order valence-corrected chi connectivity index (χ3v) is 4.54. The zero-order chi connectivity index (χ0) is 10.0. The Morgan fingerprint density at radius 3 is 2.36 bits per heavy atom. The molecule has 0 atom stereocenters. The first kappa shape index (κ1) is 10.8. The van der Waals surface area contributed by atoms with Crippen LogP contribution < -0.4 is 0 Å². The highest BCUT2D eigenvalue weighted by Gasteiger charge is 2.37. The fraction of sp³-hybridized carbons (Fsp3) is 1.00. The average molecular weight is 215 g/mol. The summed E-state index contributed by atoms with van der Waals surface area (Å²) in [4.78, 5) is 2.52. The minimum absolute atomic E-state index is 0.0420. The lowest BCUT2D eigenvalue weighted by Gasteiger charge is -2.45. The third kappa shape index (κ3) is 2.26. The molecule has 14 heavy (non-hydrogen) atoms. The maximum Gasteiger partial charge on any atom is 0.0564 e. The first-order valence-electron chi connectivity index (χ1n) is 5.75. The van der Waals surface area contributed by atoms with Crippen LogP contribution in [-0.2, 0) is 0 Å². The van der Waals surface area contributed by atoms with E-state index in [0.29, 0.717) is 5.41 Å². The van der Waals surface area contributed by atoms with Gasteiger partial charge in [0, 0.05) is 19.6 Å². The Hall–Kier alpha value is 0.270. The molecule has 2 aliphatic rings. The molecule has 1 saturated heterocycles. The minimum atomic E-state index is -0.0420. The number of rotatable bonds is 3. The van der Waals surface area contributed by atoms with Gasteiger partial charge in [-0.1, -0.05) is 6.42 Å². The van der Waals surface area contributed by atoms with Crippen LogP contribution >= 0.6 is 12.6 Å². The molecule has 1 saturated carbocycles. The van der Waals surface area contributed by atoms with Gasteiger partial charge in [-0.25, -0.2) is 0 Å². The summed E-state index contributed by atoms with van der Waals surface area (Å²) in [5, 5.41) is 9.41. The molecule has 0 aromatic rings. The Morgan fingerprint density at radius 2 is 1.93 bits per heavy atom. The van der Waals surface area contributed by atoms with E-state index in [2.05, 4.69) is 17.5 Å². The minimum Gasteiger partial charge on any atom is -0.393 e. The fourth-order valence-corrected chi connectivity index (χ4v) is 3.01. The van der Waals surface area contributed by atoms with Gasteiger partial charge in [-0.2, -0.15) is 12.6 Å². The van der Waals surface area contributed by atoms with E-state index in [0.717, 1.165) is 31.7 Å². The highest BCUT2D eigenvalue weighted by atomic mass is 32.1. The van der Waals surface area contributed by atoms with Crippen molar-refractivity contribution < 1.29 is 5.11 Å². The van der Waals surface area contributed by atoms with Crippen molar-refractivity contribution in [3.8, 4) is 0 Å². The highest BCUT2D eigenvalue weighted by Crippen LogP contribution is 2.42. The van der Waals surface area contributed by atoms with Crippen LogP contribution in [0.5, 0.6) is 0 Å². The molecule has 0 aromatic carbocycles. The monoisotopic (exact) mass is 215 g/mol. The van der Waals surface area contributed by atoms with Gasteiger partial charge in [0.15, 0.2) is 0 Å². The van der Waals surface area contributed by atoms with Gasteiger partial charge >= 0.3 is 0 Å². The Kier molecular flexibility index (Phi) is 3.40. The molecule has 1 heterocycles. The summed E-state index contributed by atoms with van der Waals surface area (Å²) in [7, 11) is 0. The van der Waals surface area contributed by atoms with Gasteiger partial charge in [-0.15, -0.1) is 0 Å². The molecular formula is C11H21NOS. The molecular weight excluding hydrogens is 194 g/mol. The quantitative estimate of drug-likeness (QED) is 0.698.